The molecule has 1 N–H and O–H groups in total. The van der Waals surface area contributed by atoms with Gasteiger partial charge in [-0.15, -0.1) is 0 Å². The number of rotatable bonds is 3. The molecule has 0 aromatic carbocycles. The van der Waals surface area contributed by atoms with Crippen molar-refractivity contribution in [3.05, 3.63) is 0 Å². The van der Waals surface area contributed by atoms with Gasteiger partial charge in [-0.25, -0.2) is 0 Å². The number of nitrogens with zero attached hydrogens (tertiary/aromatic N) is 1. The molecule has 3 heteroatoms. The Hall–Kier alpha value is 0.270. The van der Waals surface area contributed by atoms with Gasteiger partial charge in [0.05, 0.1) is 5.60 Å². The van der Waals surface area contributed by atoms with E-state index >= 15 is 0 Å². The molecule has 12 heavy (non-hydrogen) atoms. The van der Waals surface area contributed by atoms with E-state index in [9.17, 15) is 5.11 Å². The van der Waals surface area contributed by atoms with Gasteiger partial charge in [0, 0.05) is 12.3 Å². The molecule has 1 fully saturated rings. The summed E-state index contributed by atoms with van der Waals surface area (Å²) in [5.41, 5.74) is -0.368. The first-order chi connectivity index (χ1) is 5.62. The van der Waals surface area contributed by atoms with Crippen molar-refractivity contribution in [1.29, 1.82) is 0 Å². The molecule has 0 aromatic heterocycles. The maximum atomic E-state index is 10.1. The van der Waals surface area contributed by atoms with Crippen molar-refractivity contribution in [3.8, 4) is 0 Å². The van der Waals surface area contributed by atoms with Crippen LogP contribution in [0.5, 0.6) is 0 Å². The van der Waals surface area contributed by atoms with Gasteiger partial charge in [-0.05, 0) is 39.1 Å². The average Bonchev–Trinajstić information content (AvgIpc) is 2.03. The lowest BCUT2D eigenvalue weighted by atomic mass is 9.96. The van der Waals surface area contributed by atoms with Crippen molar-refractivity contribution >= 4 is 11.8 Å². The molecule has 0 spiro atoms. The molecule has 2 nitrogen and oxygen atoms in total. The first-order valence-electron chi connectivity index (χ1n) is 4.57. The van der Waals surface area contributed by atoms with Crippen LogP contribution in [-0.4, -0.2) is 47.8 Å². The van der Waals surface area contributed by atoms with Crippen LogP contribution in [0.2, 0.25) is 0 Å². The Balaban J connectivity index is 2.26. The van der Waals surface area contributed by atoms with Crippen LogP contribution < -0.4 is 0 Å². The van der Waals surface area contributed by atoms with Crippen molar-refractivity contribution in [2.24, 2.45) is 0 Å². The molecule has 1 atom stereocenters. The molecule has 0 amide bonds. The molecule has 0 radical (unpaired) electrons. The Labute approximate surface area is 79.3 Å². The third-order valence-electron chi connectivity index (χ3n) is 2.33. The van der Waals surface area contributed by atoms with Gasteiger partial charge in [-0.1, -0.05) is 0 Å². The molecule has 1 heterocycles. The predicted octanol–water partition coefficient (Wildman–Crippen LogP) is 1.20. The van der Waals surface area contributed by atoms with Crippen LogP contribution in [0, 0.1) is 0 Å². The van der Waals surface area contributed by atoms with Crippen LogP contribution in [0.15, 0.2) is 0 Å². The van der Waals surface area contributed by atoms with Crippen LogP contribution in [0.4, 0.5) is 0 Å². The monoisotopic (exact) mass is 189 g/mol. The normalized spacial score (nSPS) is 31.0. The minimum atomic E-state index is -0.368. The highest BCUT2D eigenvalue weighted by Gasteiger charge is 2.28. The van der Waals surface area contributed by atoms with E-state index < -0.39 is 0 Å². The van der Waals surface area contributed by atoms with E-state index in [1.54, 1.807) is 0 Å². The van der Waals surface area contributed by atoms with Crippen LogP contribution in [0.1, 0.15) is 19.3 Å². The molecular weight excluding hydrogens is 170 g/mol. The van der Waals surface area contributed by atoms with Crippen molar-refractivity contribution in [2.45, 2.75) is 24.9 Å². The molecule has 1 unspecified atom stereocenters. The van der Waals surface area contributed by atoms with Crippen LogP contribution in [0.3, 0.4) is 0 Å². The lowest BCUT2D eigenvalue weighted by molar-refractivity contribution is 0.0371. The van der Waals surface area contributed by atoms with Crippen molar-refractivity contribution in [2.75, 3.05) is 32.1 Å². The zero-order valence-electron chi connectivity index (χ0n) is 8.05. The van der Waals surface area contributed by atoms with Crippen molar-refractivity contribution < 1.29 is 5.11 Å². The standard InChI is InChI=1S/C9H19NOS/c1-10(2)6-5-9(11)4-3-7-12-8-9/h11H,3-8H2,1-2H3. The van der Waals surface area contributed by atoms with E-state index in [1.807, 2.05) is 11.8 Å². The number of hydrogen-bond donors (Lipinski definition) is 1. The summed E-state index contributed by atoms with van der Waals surface area (Å²) in [6, 6.07) is 0. The molecule has 1 aliphatic heterocycles. The van der Waals surface area contributed by atoms with E-state index in [1.165, 1.54) is 12.2 Å². The quantitative estimate of drug-likeness (QED) is 0.721. The summed E-state index contributed by atoms with van der Waals surface area (Å²) < 4.78 is 0. The van der Waals surface area contributed by atoms with E-state index in [2.05, 4.69) is 19.0 Å². The topological polar surface area (TPSA) is 23.5 Å². The summed E-state index contributed by atoms with van der Waals surface area (Å²) in [6.07, 6.45) is 3.09. The van der Waals surface area contributed by atoms with Gasteiger partial charge in [0.1, 0.15) is 0 Å². The lowest BCUT2D eigenvalue weighted by Gasteiger charge is -2.32. The summed E-state index contributed by atoms with van der Waals surface area (Å²) >= 11 is 1.89. The summed E-state index contributed by atoms with van der Waals surface area (Å²) in [7, 11) is 4.11. The molecular formula is C9H19NOS. The van der Waals surface area contributed by atoms with Gasteiger partial charge in [-0.3, -0.25) is 0 Å². The molecule has 1 saturated heterocycles. The second kappa shape index (κ2) is 4.49. The molecule has 0 aliphatic carbocycles. The summed E-state index contributed by atoms with van der Waals surface area (Å²) in [6.45, 7) is 0.997. The first-order valence-corrected chi connectivity index (χ1v) is 5.73. The zero-order chi connectivity index (χ0) is 9.03. The Morgan fingerprint density at radius 2 is 2.25 bits per heavy atom. The highest BCUT2D eigenvalue weighted by molar-refractivity contribution is 7.99. The van der Waals surface area contributed by atoms with E-state index in [0.29, 0.717) is 0 Å². The third-order valence-corrected chi connectivity index (χ3v) is 3.64. The fourth-order valence-electron chi connectivity index (χ4n) is 1.47. The molecule has 0 bridgehead atoms. The Kier molecular flexibility index (Phi) is 3.87. The van der Waals surface area contributed by atoms with Gasteiger partial charge in [0.15, 0.2) is 0 Å². The van der Waals surface area contributed by atoms with Gasteiger partial charge in [-0.2, -0.15) is 11.8 Å². The first kappa shape index (κ1) is 10.4. The minimum Gasteiger partial charge on any atom is -0.389 e. The highest BCUT2D eigenvalue weighted by Crippen LogP contribution is 2.29. The third kappa shape index (κ3) is 3.33. The molecule has 1 rings (SSSR count). The van der Waals surface area contributed by atoms with Gasteiger partial charge >= 0.3 is 0 Å². The Morgan fingerprint density at radius 1 is 1.50 bits per heavy atom. The molecule has 0 saturated carbocycles. The maximum absolute atomic E-state index is 10.1. The summed E-state index contributed by atoms with van der Waals surface area (Å²) in [5, 5.41) is 10.1. The maximum Gasteiger partial charge on any atom is 0.0750 e. The SMILES string of the molecule is CN(C)CCC1(O)CCCSC1. The predicted molar refractivity (Wildman–Crippen MR) is 54.7 cm³/mol. The van der Waals surface area contributed by atoms with Crippen LogP contribution in [0.25, 0.3) is 0 Å². The fourth-order valence-corrected chi connectivity index (χ4v) is 2.63. The largest absolute Gasteiger partial charge is 0.389 e. The fraction of sp³-hybridized carbons (Fsp3) is 1.00. The lowest BCUT2D eigenvalue weighted by Crippen LogP contribution is -2.37. The van der Waals surface area contributed by atoms with Crippen molar-refractivity contribution in [1.82, 2.24) is 4.90 Å². The smallest absolute Gasteiger partial charge is 0.0750 e. The highest BCUT2D eigenvalue weighted by atomic mass is 32.2. The van der Waals surface area contributed by atoms with E-state index in [0.717, 1.165) is 25.1 Å². The second-order valence-electron chi connectivity index (χ2n) is 3.93. The molecule has 0 aromatic rings. The molecule has 1 aliphatic rings. The summed E-state index contributed by atoms with van der Waals surface area (Å²) in [5.74, 6) is 2.16. The molecule has 72 valence electrons. The number of hydrogen-bond acceptors (Lipinski definition) is 3. The average molecular weight is 189 g/mol. The minimum absolute atomic E-state index is 0.368. The van der Waals surface area contributed by atoms with Gasteiger partial charge < -0.3 is 10.0 Å². The van der Waals surface area contributed by atoms with Crippen molar-refractivity contribution in [3.63, 3.8) is 0 Å². The Bertz CT molecular complexity index is 132. The number of aliphatic hydroxyl groups is 1. The second-order valence-corrected chi connectivity index (χ2v) is 5.04. The van der Waals surface area contributed by atoms with Crippen LogP contribution in [-0.2, 0) is 0 Å². The van der Waals surface area contributed by atoms with Gasteiger partial charge in [0.25, 0.3) is 0 Å². The zero-order valence-corrected chi connectivity index (χ0v) is 8.86. The number of thioether (sulfide) groups is 1. The van der Waals surface area contributed by atoms with Gasteiger partial charge in [0.2, 0.25) is 0 Å². The van der Waals surface area contributed by atoms with E-state index in [-0.39, 0.29) is 5.60 Å². The summed E-state index contributed by atoms with van der Waals surface area (Å²) in [4.78, 5) is 2.14. The Morgan fingerprint density at radius 3 is 2.75 bits per heavy atom. The van der Waals surface area contributed by atoms with E-state index in [4.69, 9.17) is 0 Å². The van der Waals surface area contributed by atoms with Crippen LogP contribution >= 0.6 is 11.8 Å².